The molecule has 0 aromatic heterocycles. The van der Waals surface area contributed by atoms with Crippen LogP contribution < -0.4 is 0 Å². The van der Waals surface area contributed by atoms with Gasteiger partial charge < -0.3 is 0 Å². The molecule has 2 rings (SSSR count). The lowest BCUT2D eigenvalue weighted by Gasteiger charge is -2.36. The molecule has 1 aliphatic carbocycles. The molecular weight excluding hydrogens is 212 g/mol. The largest absolute Gasteiger partial charge is 0.300 e. The van der Waals surface area contributed by atoms with E-state index in [1.165, 1.54) is 0 Å². The molecule has 0 bridgehead atoms. The molecular formula is C15H18O2. The van der Waals surface area contributed by atoms with E-state index in [2.05, 4.69) is 0 Å². The van der Waals surface area contributed by atoms with E-state index in [0.29, 0.717) is 25.7 Å². The van der Waals surface area contributed by atoms with Gasteiger partial charge in [0.1, 0.15) is 11.6 Å². The lowest BCUT2D eigenvalue weighted by atomic mass is 9.66. The van der Waals surface area contributed by atoms with Crippen LogP contribution >= 0.6 is 0 Å². The van der Waals surface area contributed by atoms with Crippen molar-refractivity contribution in [2.24, 2.45) is 0 Å². The maximum Gasteiger partial charge on any atom is 0.140 e. The number of hydrogen-bond donors (Lipinski definition) is 0. The number of aryl methyl sites for hydroxylation is 1. The van der Waals surface area contributed by atoms with Gasteiger partial charge in [0, 0.05) is 12.8 Å². The van der Waals surface area contributed by atoms with Crippen molar-refractivity contribution in [3.8, 4) is 0 Å². The van der Waals surface area contributed by atoms with Crippen LogP contribution in [0.5, 0.6) is 0 Å². The molecule has 0 N–H and O–H groups in total. The predicted molar refractivity (Wildman–Crippen MR) is 67.0 cm³/mol. The number of rotatable bonds is 2. The smallest absolute Gasteiger partial charge is 0.140 e. The highest BCUT2D eigenvalue weighted by Crippen LogP contribution is 2.40. The van der Waals surface area contributed by atoms with Crippen molar-refractivity contribution >= 4 is 11.6 Å². The second-order valence-corrected chi connectivity index (χ2v) is 4.99. The summed E-state index contributed by atoms with van der Waals surface area (Å²) in [7, 11) is 0. The zero-order chi connectivity index (χ0) is 12.5. The van der Waals surface area contributed by atoms with Crippen molar-refractivity contribution in [1.82, 2.24) is 0 Å². The molecule has 1 fully saturated rings. The van der Waals surface area contributed by atoms with Crippen molar-refractivity contribution in [2.75, 3.05) is 0 Å². The Balaban J connectivity index is 2.46. The third-order valence-corrected chi connectivity index (χ3v) is 4.00. The lowest BCUT2D eigenvalue weighted by Crippen LogP contribution is -2.39. The summed E-state index contributed by atoms with van der Waals surface area (Å²) in [6, 6.07) is 8.03. The van der Waals surface area contributed by atoms with E-state index in [1.807, 2.05) is 31.2 Å². The lowest BCUT2D eigenvalue weighted by molar-refractivity contribution is -0.127. The molecule has 17 heavy (non-hydrogen) atoms. The van der Waals surface area contributed by atoms with Gasteiger partial charge in [-0.3, -0.25) is 9.59 Å². The molecule has 1 aliphatic rings. The van der Waals surface area contributed by atoms with Crippen molar-refractivity contribution < 1.29 is 9.59 Å². The Morgan fingerprint density at radius 1 is 1.18 bits per heavy atom. The Labute approximate surface area is 102 Å². The highest BCUT2D eigenvalue weighted by Gasteiger charge is 2.41. The van der Waals surface area contributed by atoms with Gasteiger partial charge in [-0.25, -0.2) is 0 Å². The van der Waals surface area contributed by atoms with Crippen molar-refractivity contribution in [2.45, 2.75) is 44.9 Å². The van der Waals surface area contributed by atoms with Gasteiger partial charge in [-0.05, 0) is 37.8 Å². The fourth-order valence-corrected chi connectivity index (χ4v) is 2.88. The highest BCUT2D eigenvalue weighted by atomic mass is 16.1. The Hall–Kier alpha value is -1.44. The molecule has 0 unspecified atom stereocenters. The number of carbonyl (C=O) groups is 2. The molecule has 1 aromatic carbocycles. The number of benzene rings is 1. The molecule has 0 atom stereocenters. The second kappa shape index (κ2) is 4.44. The number of carbonyl (C=O) groups excluding carboxylic acids is 2. The van der Waals surface area contributed by atoms with Gasteiger partial charge in [0.2, 0.25) is 0 Å². The number of Topliss-reactive ketones (excluding diaryl/α,β-unsaturated/α-hetero) is 2. The summed E-state index contributed by atoms with van der Waals surface area (Å²) in [5.41, 5.74) is 1.84. The Kier molecular flexibility index (Phi) is 3.14. The predicted octanol–water partition coefficient (Wildman–Crippen LogP) is 2.96. The van der Waals surface area contributed by atoms with Crippen LogP contribution in [0.25, 0.3) is 0 Å². The minimum Gasteiger partial charge on any atom is -0.300 e. The minimum atomic E-state index is -0.417. The fourth-order valence-electron chi connectivity index (χ4n) is 2.88. The molecule has 0 aliphatic heterocycles. The topological polar surface area (TPSA) is 34.1 Å². The highest BCUT2D eigenvalue weighted by molar-refractivity contribution is 5.92. The second-order valence-electron chi connectivity index (χ2n) is 4.99. The summed E-state index contributed by atoms with van der Waals surface area (Å²) in [4.78, 5) is 23.4. The summed E-state index contributed by atoms with van der Waals surface area (Å²) >= 11 is 0. The van der Waals surface area contributed by atoms with Crippen LogP contribution in [0.15, 0.2) is 24.3 Å². The van der Waals surface area contributed by atoms with E-state index < -0.39 is 5.41 Å². The van der Waals surface area contributed by atoms with E-state index in [4.69, 9.17) is 0 Å². The molecule has 0 spiro atoms. The Morgan fingerprint density at radius 3 is 2.29 bits per heavy atom. The van der Waals surface area contributed by atoms with Crippen molar-refractivity contribution in [3.63, 3.8) is 0 Å². The zero-order valence-electron chi connectivity index (χ0n) is 10.5. The first-order valence-corrected chi connectivity index (χ1v) is 6.15. The zero-order valence-corrected chi connectivity index (χ0v) is 10.5. The summed E-state index contributed by atoms with van der Waals surface area (Å²) in [6.07, 6.45) is 2.42. The average Bonchev–Trinajstić information content (AvgIpc) is 2.31. The monoisotopic (exact) mass is 230 g/mol. The van der Waals surface area contributed by atoms with E-state index in [-0.39, 0.29) is 11.6 Å². The first-order chi connectivity index (χ1) is 8.06. The van der Waals surface area contributed by atoms with Gasteiger partial charge in [0.05, 0.1) is 5.41 Å². The van der Waals surface area contributed by atoms with Crippen molar-refractivity contribution in [1.29, 1.82) is 0 Å². The van der Waals surface area contributed by atoms with Gasteiger partial charge in [-0.15, -0.1) is 0 Å². The maximum absolute atomic E-state index is 12.1. The molecule has 2 nitrogen and oxygen atoms in total. The first-order valence-electron chi connectivity index (χ1n) is 6.15. The summed E-state index contributed by atoms with van der Waals surface area (Å²) in [6.45, 7) is 3.69. The van der Waals surface area contributed by atoms with Crippen molar-refractivity contribution in [3.05, 3.63) is 35.4 Å². The van der Waals surface area contributed by atoms with Gasteiger partial charge in [-0.1, -0.05) is 24.3 Å². The van der Waals surface area contributed by atoms with Crippen LogP contribution in [0.2, 0.25) is 0 Å². The summed E-state index contributed by atoms with van der Waals surface area (Å²) < 4.78 is 0. The van der Waals surface area contributed by atoms with Crippen LogP contribution in [0, 0.1) is 6.92 Å². The quantitative estimate of drug-likeness (QED) is 0.782. The van der Waals surface area contributed by atoms with E-state index in [1.54, 1.807) is 6.92 Å². The number of ketones is 2. The van der Waals surface area contributed by atoms with Gasteiger partial charge in [0.15, 0.2) is 0 Å². The molecule has 0 heterocycles. The SMILES string of the molecule is CC(=O)C1(c2ccccc2C)CCC(=O)CC1. The minimum absolute atomic E-state index is 0.194. The van der Waals surface area contributed by atoms with E-state index >= 15 is 0 Å². The standard InChI is InChI=1S/C15H18O2/c1-11-5-3-4-6-14(11)15(12(2)16)9-7-13(17)8-10-15/h3-6H,7-10H2,1-2H3. The van der Waals surface area contributed by atoms with Crippen LogP contribution in [-0.4, -0.2) is 11.6 Å². The maximum atomic E-state index is 12.1. The van der Waals surface area contributed by atoms with Crippen LogP contribution in [-0.2, 0) is 15.0 Å². The summed E-state index contributed by atoms with van der Waals surface area (Å²) in [5.74, 6) is 0.481. The van der Waals surface area contributed by atoms with Crippen LogP contribution in [0.4, 0.5) is 0 Å². The summed E-state index contributed by atoms with van der Waals surface area (Å²) in [5, 5.41) is 0. The van der Waals surface area contributed by atoms with E-state index in [0.717, 1.165) is 11.1 Å². The first kappa shape index (κ1) is 12.0. The molecule has 1 saturated carbocycles. The Bertz CT molecular complexity index is 450. The number of hydrogen-bond acceptors (Lipinski definition) is 2. The van der Waals surface area contributed by atoms with Gasteiger partial charge >= 0.3 is 0 Å². The van der Waals surface area contributed by atoms with Crippen LogP contribution in [0.1, 0.15) is 43.7 Å². The molecule has 1 aromatic rings. The normalized spacial score (nSPS) is 19.1. The third kappa shape index (κ3) is 2.04. The van der Waals surface area contributed by atoms with Gasteiger partial charge in [-0.2, -0.15) is 0 Å². The molecule has 2 heteroatoms. The van der Waals surface area contributed by atoms with Crippen LogP contribution in [0.3, 0.4) is 0 Å². The molecule has 0 radical (unpaired) electrons. The Morgan fingerprint density at radius 2 is 1.76 bits per heavy atom. The molecule has 0 amide bonds. The van der Waals surface area contributed by atoms with Gasteiger partial charge in [0.25, 0.3) is 0 Å². The molecule has 90 valence electrons. The fraction of sp³-hybridized carbons (Fsp3) is 0.467. The average molecular weight is 230 g/mol. The van der Waals surface area contributed by atoms with E-state index in [9.17, 15) is 9.59 Å². The third-order valence-electron chi connectivity index (χ3n) is 4.00. The molecule has 0 saturated heterocycles.